The smallest absolute Gasteiger partial charge is 0.0312 e. The molecule has 1 heterocycles. The lowest BCUT2D eigenvalue weighted by Gasteiger charge is -2.57. The zero-order chi connectivity index (χ0) is 12.7. The molecule has 0 atom stereocenters. The Labute approximate surface area is 116 Å². The Bertz CT molecular complexity index is 405. The lowest BCUT2D eigenvalue weighted by molar-refractivity contribution is -0.0514. The summed E-state index contributed by atoms with van der Waals surface area (Å²) in [6.45, 7) is 2.21. The summed E-state index contributed by atoms with van der Waals surface area (Å²) < 4.78 is 0. The lowest BCUT2D eigenvalue weighted by Crippen LogP contribution is -2.50. The second-order valence-electron chi connectivity index (χ2n) is 7.38. The van der Waals surface area contributed by atoms with Crippen LogP contribution in [0, 0.1) is 23.2 Å². The van der Waals surface area contributed by atoms with Crippen LogP contribution in [0.3, 0.4) is 0 Å². The van der Waals surface area contributed by atoms with Gasteiger partial charge in [0.05, 0.1) is 0 Å². The number of rotatable bonds is 4. The maximum atomic E-state index is 4.19. The molecule has 5 rings (SSSR count). The van der Waals surface area contributed by atoms with Crippen LogP contribution in [-0.4, -0.2) is 11.5 Å². The van der Waals surface area contributed by atoms with Crippen molar-refractivity contribution in [1.82, 2.24) is 10.3 Å². The highest BCUT2D eigenvalue weighted by molar-refractivity contribution is 5.08. The molecule has 0 aliphatic heterocycles. The molecule has 4 bridgehead atoms. The minimum atomic E-state index is 0.650. The average molecular weight is 256 g/mol. The second kappa shape index (κ2) is 4.59. The van der Waals surface area contributed by atoms with E-state index in [1.54, 1.807) is 19.3 Å². The van der Waals surface area contributed by atoms with Crippen LogP contribution in [0.2, 0.25) is 0 Å². The van der Waals surface area contributed by atoms with E-state index in [4.69, 9.17) is 0 Å². The Morgan fingerprint density at radius 1 is 1.11 bits per heavy atom. The van der Waals surface area contributed by atoms with Crippen molar-refractivity contribution in [2.45, 2.75) is 45.1 Å². The van der Waals surface area contributed by atoms with E-state index in [0.29, 0.717) is 5.41 Å². The molecular weight excluding hydrogens is 232 g/mol. The number of nitrogens with one attached hydrogen (secondary N) is 1. The number of hydrogen-bond donors (Lipinski definition) is 1. The molecule has 0 unspecified atom stereocenters. The molecule has 1 aromatic rings. The van der Waals surface area contributed by atoms with Crippen molar-refractivity contribution in [3.05, 3.63) is 30.1 Å². The molecule has 1 aromatic heterocycles. The first kappa shape index (κ1) is 11.9. The van der Waals surface area contributed by atoms with Gasteiger partial charge >= 0.3 is 0 Å². The zero-order valence-corrected chi connectivity index (χ0v) is 11.6. The highest BCUT2D eigenvalue weighted by Gasteiger charge is 2.50. The fourth-order valence-electron chi connectivity index (χ4n) is 5.48. The van der Waals surface area contributed by atoms with Crippen molar-refractivity contribution in [2.75, 3.05) is 6.54 Å². The first-order chi connectivity index (χ1) is 9.31. The summed E-state index contributed by atoms with van der Waals surface area (Å²) in [7, 11) is 0. The lowest BCUT2D eigenvalue weighted by atomic mass is 9.49. The van der Waals surface area contributed by atoms with E-state index in [-0.39, 0.29) is 0 Å². The number of hydrogen-bond acceptors (Lipinski definition) is 2. The molecule has 2 nitrogen and oxygen atoms in total. The van der Waals surface area contributed by atoms with Crippen LogP contribution in [0.25, 0.3) is 0 Å². The van der Waals surface area contributed by atoms with E-state index in [9.17, 15) is 0 Å². The molecule has 19 heavy (non-hydrogen) atoms. The van der Waals surface area contributed by atoms with Crippen molar-refractivity contribution in [2.24, 2.45) is 23.2 Å². The molecule has 4 aliphatic carbocycles. The van der Waals surface area contributed by atoms with Crippen molar-refractivity contribution in [3.8, 4) is 0 Å². The Hall–Kier alpha value is -0.890. The van der Waals surface area contributed by atoms with Crippen molar-refractivity contribution in [1.29, 1.82) is 0 Å². The van der Waals surface area contributed by atoms with Crippen molar-refractivity contribution >= 4 is 0 Å². The SMILES string of the molecule is c1cncc(CNCC23CC4CC(CC(C4)C2)C3)c1. The van der Waals surface area contributed by atoms with E-state index in [2.05, 4.69) is 16.4 Å². The predicted octanol–water partition coefficient (Wildman–Crippen LogP) is 3.39. The van der Waals surface area contributed by atoms with Gasteiger partial charge in [-0.05, 0) is 73.3 Å². The van der Waals surface area contributed by atoms with E-state index < -0.39 is 0 Å². The molecule has 0 spiro atoms. The van der Waals surface area contributed by atoms with Crippen LogP contribution in [-0.2, 0) is 6.54 Å². The third kappa shape index (κ3) is 2.31. The van der Waals surface area contributed by atoms with Gasteiger partial charge in [0, 0.05) is 25.5 Å². The van der Waals surface area contributed by atoms with Gasteiger partial charge in [0.1, 0.15) is 0 Å². The number of pyridine rings is 1. The molecule has 0 radical (unpaired) electrons. The van der Waals surface area contributed by atoms with Gasteiger partial charge in [0.15, 0.2) is 0 Å². The number of nitrogens with zero attached hydrogens (tertiary/aromatic N) is 1. The third-order valence-corrected chi connectivity index (χ3v) is 5.72. The maximum Gasteiger partial charge on any atom is 0.0312 e. The minimum absolute atomic E-state index is 0.650. The van der Waals surface area contributed by atoms with Crippen molar-refractivity contribution in [3.63, 3.8) is 0 Å². The third-order valence-electron chi connectivity index (χ3n) is 5.72. The molecule has 1 N–H and O–H groups in total. The van der Waals surface area contributed by atoms with Gasteiger partial charge in [0.25, 0.3) is 0 Å². The predicted molar refractivity (Wildman–Crippen MR) is 76.5 cm³/mol. The van der Waals surface area contributed by atoms with Crippen LogP contribution >= 0.6 is 0 Å². The van der Waals surface area contributed by atoms with Gasteiger partial charge in [-0.3, -0.25) is 4.98 Å². The maximum absolute atomic E-state index is 4.19. The first-order valence-electron chi connectivity index (χ1n) is 7.91. The molecule has 4 fully saturated rings. The van der Waals surface area contributed by atoms with Crippen LogP contribution in [0.15, 0.2) is 24.5 Å². The fourth-order valence-corrected chi connectivity index (χ4v) is 5.48. The monoisotopic (exact) mass is 256 g/mol. The van der Waals surface area contributed by atoms with Crippen LogP contribution in [0.5, 0.6) is 0 Å². The summed E-state index contributed by atoms with van der Waals surface area (Å²) in [5.74, 6) is 3.18. The first-order valence-corrected chi connectivity index (χ1v) is 7.91. The summed E-state index contributed by atoms with van der Waals surface area (Å²) in [4.78, 5) is 4.19. The van der Waals surface area contributed by atoms with Crippen LogP contribution in [0.1, 0.15) is 44.1 Å². The molecule has 0 amide bonds. The quantitative estimate of drug-likeness (QED) is 0.893. The molecule has 102 valence electrons. The van der Waals surface area contributed by atoms with Gasteiger partial charge in [-0.1, -0.05) is 6.07 Å². The Morgan fingerprint density at radius 3 is 2.37 bits per heavy atom. The van der Waals surface area contributed by atoms with E-state index in [1.165, 1.54) is 31.4 Å². The van der Waals surface area contributed by atoms with E-state index in [0.717, 1.165) is 24.3 Å². The molecular formula is C17H24N2. The Balaban J connectivity index is 1.38. The van der Waals surface area contributed by atoms with Gasteiger partial charge in [-0.15, -0.1) is 0 Å². The fraction of sp³-hybridized carbons (Fsp3) is 0.706. The highest BCUT2D eigenvalue weighted by atomic mass is 14.9. The molecule has 0 aromatic carbocycles. The molecule has 2 heteroatoms. The van der Waals surface area contributed by atoms with E-state index in [1.807, 2.05) is 18.5 Å². The summed E-state index contributed by atoms with van der Waals surface area (Å²) in [5, 5.41) is 3.72. The summed E-state index contributed by atoms with van der Waals surface area (Å²) in [5.41, 5.74) is 1.96. The normalized spacial score (nSPS) is 39.7. The topological polar surface area (TPSA) is 24.9 Å². The van der Waals surface area contributed by atoms with Crippen LogP contribution < -0.4 is 5.32 Å². The Morgan fingerprint density at radius 2 is 1.79 bits per heavy atom. The minimum Gasteiger partial charge on any atom is -0.312 e. The highest BCUT2D eigenvalue weighted by Crippen LogP contribution is 2.59. The standard InChI is InChI=1S/C17H24N2/c1-2-13(10-18-3-1)11-19-12-17-7-14-4-15(8-17)6-16(5-14)9-17/h1-3,10,14-16,19H,4-9,11-12H2. The second-order valence-corrected chi connectivity index (χ2v) is 7.38. The van der Waals surface area contributed by atoms with Gasteiger partial charge in [0.2, 0.25) is 0 Å². The largest absolute Gasteiger partial charge is 0.312 e. The van der Waals surface area contributed by atoms with E-state index >= 15 is 0 Å². The Kier molecular flexibility index (Phi) is 2.87. The van der Waals surface area contributed by atoms with Gasteiger partial charge < -0.3 is 5.32 Å². The molecule has 0 saturated heterocycles. The molecule has 4 aliphatic rings. The zero-order valence-electron chi connectivity index (χ0n) is 11.6. The van der Waals surface area contributed by atoms with Crippen molar-refractivity contribution < 1.29 is 0 Å². The van der Waals surface area contributed by atoms with Crippen LogP contribution in [0.4, 0.5) is 0 Å². The summed E-state index contributed by atoms with van der Waals surface area (Å²) >= 11 is 0. The summed E-state index contributed by atoms with van der Waals surface area (Å²) in [6.07, 6.45) is 13.0. The molecule has 4 saturated carbocycles. The summed E-state index contributed by atoms with van der Waals surface area (Å²) in [6, 6.07) is 4.20. The average Bonchev–Trinajstić information content (AvgIpc) is 2.38. The van der Waals surface area contributed by atoms with Gasteiger partial charge in [-0.25, -0.2) is 0 Å². The van der Waals surface area contributed by atoms with Gasteiger partial charge in [-0.2, -0.15) is 0 Å². The number of aromatic nitrogens is 1.